The summed E-state index contributed by atoms with van der Waals surface area (Å²) < 4.78 is 59.8. The number of aromatic nitrogens is 1. The van der Waals surface area contributed by atoms with Crippen molar-refractivity contribution in [2.75, 3.05) is 0 Å². The van der Waals surface area contributed by atoms with E-state index in [1.165, 1.54) is 26.0 Å². The zero-order valence-electron chi connectivity index (χ0n) is 18.9. The van der Waals surface area contributed by atoms with Gasteiger partial charge in [0.2, 0.25) is 6.20 Å². The lowest BCUT2D eigenvalue weighted by molar-refractivity contribution is -0.402. The van der Waals surface area contributed by atoms with Gasteiger partial charge in [0.25, 0.3) is 0 Å². The van der Waals surface area contributed by atoms with Crippen LogP contribution in [0.1, 0.15) is 45.9 Å². The minimum atomic E-state index is -5.11. The van der Waals surface area contributed by atoms with Crippen LogP contribution in [0.3, 0.4) is 0 Å². The molecule has 1 N–H and O–H groups in total. The molecule has 34 heavy (non-hydrogen) atoms. The normalized spacial score (nSPS) is 12.9. The van der Waals surface area contributed by atoms with Gasteiger partial charge in [0.15, 0.2) is 5.57 Å². The second-order valence-corrected chi connectivity index (χ2v) is 9.24. The molecule has 0 bridgehead atoms. The van der Waals surface area contributed by atoms with E-state index in [4.69, 9.17) is 16.3 Å². The number of benzene rings is 1. The third kappa shape index (κ3) is 7.14. The highest BCUT2D eigenvalue weighted by Crippen LogP contribution is 2.36. The average molecular weight is 504 g/mol. The lowest BCUT2D eigenvalue weighted by Gasteiger charge is -2.30. The van der Waals surface area contributed by atoms with Crippen molar-refractivity contribution in [3.63, 3.8) is 0 Å². The number of nitrogens with zero attached hydrogens (tertiary/aromatic N) is 2. The van der Waals surface area contributed by atoms with E-state index in [-0.39, 0.29) is 28.0 Å². The summed E-state index contributed by atoms with van der Waals surface area (Å²) in [5, 5.41) is 13.2. The zero-order chi connectivity index (χ0) is 26.1. The number of nitrogens with one attached hydrogen (secondary N) is 1. The minimum Gasteiger partial charge on any atom is -0.444 e. The Hall–Kier alpha value is -3.21. The van der Waals surface area contributed by atoms with E-state index in [0.717, 1.165) is 18.2 Å². The van der Waals surface area contributed by atoms with Crippen molar-refractivity contribution < 1.29 is 32.0 Å². The average Bonchev–Trinajstić information content (AvgIpc) is 2.65. The standard InChI is InChI=1S/C22H22ClF4N3O4/c1-20(2,3)34-19(31)29-21(4,5)13-9-17(12-6-7-16(24)15(23)8-12)28-18(10-13)14(11-30(32)33)22(25,26)27/h6-11H,1-5H3,(H,29,31). The van der Waals surface area contributed by atoms with Crippen molar-refractivity contribution in [3.05, 3.63) is 68.7 Å². The fourth-order valence-corrected chi connectivity index (χ4v) is 3.03. The second kappa shape index (κ2) is 9.57. The van der Waals surface area contributed by atoms with E-state index in [0.29, 0.717) is 0 Å². The summed E-state index contributed by atoms with van der Waals surface area (Å²) >= 11 is 5.81. The van der Waals surface area contributed by atoms with Crippen LogP contribution in [0.25, 0.3) is 16.8 Å². The molecule has 0 aliphatic carbocycles. The number of alkyl halides is 3. The first-order valence-electron chi connectivity index (χ1n) is 9.81. The Bertz CT molecular complexity index is 1140. The Morgan fingerprint density at radius 2 is 1.76 bits per heavy atom. The number of nitro groups is 1. The Morgan fingerprint density at radius 3 is 2.26 bits per heavy atom. The molecule has 2 aromatic rings. The number of amides is 1. The molecule has 2 rings (SSSR count). The van der Waals surface area contributed by atoms with Gasteiger partial charge < -0.3 is 10.1 Å². The molecular formula is C22H22ClF4N3O4. The fraction of sp³-hybridized carbons (Fsp3) is 0.364. The first-order valence-corrected chi connectivity index (χ1v) is 10.2. The Kier molecular flexibility index (Phi) is 7.61. The van der Waals surface area contributed by atoms with Crippen LogP contribution in [-0.4, -0.2) is 27.8 Å². The number of alkyl carbamates (subject to hydrolysis) is 1. The molecule has 0 spiro atoms. The fourth-order valence-electron chi connectivity index (χ4n) is 2.85. The molecule has 12 heteroatoms. The Balaban J connectivity index is 2.72. The van der Waals surface area contributed by atoms with Crippen LogP contribution in [0.4, 0.5) is 22.4 Å². The summed E-state index contributed by atoms with van der Waals surface area (Å²) in [6, 6.07) is 5.76. The highest BCUT2D eigenvalue weighted by atomic mass is 35.5. The molecule has 1 aromatic carbocycles. The molecule has 0 saturated carbocycles. The van der Waals surface area contributed by atoms with E-state index in [1.807, 2.05) is 0 Å². The number of hydrogen-bond acceptors (Lipinski definition) is 5. The number of halogens is 5. The van der Waals surface area contributed by atoms with E-state index in [2.05, 4.69) is 10.3 Å². The predicted molar refractivity (Wildman–Crippen MR) is 118 cm³/mol. The quantitative estimate of drug-likeness (QED) is 0.286. The van der Waals surface area contributed by atoms with E-state index >= 15 is 0 Å². The van der Waals surface area contributed by atoms with Crippen LogP contribution >= 0.6 is 11.6 Å². The molecule has 1 amide bonds. The van der Waals surface area contributed by atoms with Gasteiger partial charge >= 0.3 is 12.3 Å². The van der Waals surface area contributed by atoms with Crippen LogP contribution in [0.5, 0.6) is 0 Å². The maximum absolute atomic E-state index is 13.7. The van der Waals surface area contributed by atoms with Gasteiger partial charge in [0.1, 0.15) is 11.4 Å². The van der Waals surface area contributed by atoms with Crippen LogP contribution < -0.4 is 5.32 Å². The summed E-state index contributed by atoms with van der Waals surface area (Å²) in [5.74, 6) is -0.752. The van der Waals surface area contributed by atoms with Gasteiger partial charge in [-0.05, 0) is 70.5 Å². The van der Waals surface area contributed by atoms with E-state index in [1.54, 1.807) is 20.8 Å². The molecule has 1 heterocycles. The SMILES string of the molecule is CC(C)(C)OC(=O)NC(C)(C)c1cc(C(=C[N+](=O)[O-])C(F)(F)F)nc(-c2ccc(F)c(Cl)c2)c1. The summed E-state index contributed by atoms with van der Waals surface area (Å²) in [6.45, 7) is 7.92. The molecule has 184 valence electrons. The van der Waals surface area contributed by atoms with Crippen molar-refractivity contribution >= 4 is 23.3 Å². The minimum absolute atomic E-state index is 0.0769. The third-order valence-electron chi connectivity index (χ3n) is 4.39. The number of allylic oxidation sites excluding steroid dienone is 1. The predicted octanol–water partition coefficient (Wildman–Crippen LogP) is 6.48. The number of carbonyl (C=O) groups is 1. The van der Waals surface area contributed by atoms with E-state index in [9.17, 15) is 32.5 Å². The molecular weight excluding hydrogens is 482 g/mol. The zero-order valence-corrected chi connectivity index (χ0v) is 19.6. The molecule has 7 nitrogen and oxygen atoms in total. The van der Waals surface area contributed by atoms with Gasteiger partial charge in [-0.1, -0.05) is 11.6 Å². The molecule has 0 unspecified atom stereocenters. The summed E-state index contributed by atoms with van der Waals surface area (Å²) in [7, 11) is 0. The number of pyridine rings is 1. The maximum Gasteiger partial charge on any atom is 0.424 e. The number of rotatable bonds is 5. The highest BCUT2D eigenvalue weighted by molar-refractivity contribution is 6.31. The first-order chi connectivity index (χ1) is 15.4. The molecule has 1 aromatic heterocycles. The largest absolute Gasteiger partial charge is 0.444 e. The summed E-state index contributed by atoms with van der Waals surface area (Å²) in [6.07, 6.45) is -6.14. The smallest absolute Gasteiger partial charge is 0.424 e. The van der Waals surface area contributed by atoms with Crippen LogP contribution in [0.15, 0.2) is 36.5 Å². The van der Waals surface area contributed by atoms with Crippen molar-refractivity contribution in [1.29, 1.82) is 0 Å². The third-order valence-corrected chi connectivity index (χ3v) is 4.68. The van der Waals surface area contributed by atoms with Crippen molar-refractivity contribution in [2.24, 2.45) is 0 Å². The van der Waals surface area contributed by atoms with Crippen molar-refractivity contribution in [2.45, 2.75) is 51.9 Å². The van der Waals surface area contributed by atoms with Crippen molar-refractivity contribution in [3.8, 4) is 11.3 Å². The van der Waals surface area contributed by atoms with Crippen molar-refractivity contribution in [1.82, 2.24) is 10.3 Å². The number of carbonyl (C=O) groups excluding carboxylic acids is 1. The molecule has 0 aliphatic rings. The van der Waals surface area contributed by atoms with Gasteiger partial charge in [-0.15, -0.1) is 0 Å². The number of ether oxygens (including phenoxy) is 1. The Labute approximate surface area is 197 Å². The molecule has 0 fully saturated rings. The summed E-state index contributed by atoms with van der Waals surface area (Å²) in [5.41, 5.74) is -4.31. The monoisotopic (exact) mass is 503 g/mol. The van der Waals surface area contributed by atoms with Crippen LogP contribution in [0.2, 0.25) is 5.02 Å². The van der Waals surface area contributed by atoms with Gasteiger partial charge in [-0.25, -0.2) is 14.2 Å². The molecule has 0 aliphatic heterocycles. The van der Waals surface area contributed by atoms with Crippen LogP contribution in [-0.2, 0) is 10.3 Å². The first kappa shape index (κ1) is 27.0. The highest BCUT2D eigenvalue weighted by Gasteiger charge is 2.40. The Morgan fingerprint density at radius 1 is 1.15 bits per heavy atom. The topological polar surface area (TPSA) is 94.4 Å². The molecule has 0 radical (unpaired) electrons. The second-order valence-electron chi connectivity index (χ2n) is 8.83. The lowest BCUT2D eigenvalue weighted by Crippen LogP contribution is -2.44. The van der Waals surface area contributed by atoms with E-state index < -0.39 is 45.4 Å². The molecule has 0 saturated heterocycles. The lowest BCUT2D eigenvalue weighted by atomic mass is 9.91. The summed E-state index contributed by atoms with van der Waals surface area (Å²) in [4.78, 5) is 25.9. The molecule has 0 atom stereocenters. The number of hydrogen-bond donors (Lipinski definition) is 1. The van der Waals surface area contributed by atoms with Gasteiger partial charge in [-0.3, -0.25) is 10.1 Å². The van der Waals surface area contributed by atoms with Gasteiger partial charge in [-0.2, -0.15) is 13.2 Å². The van der Waals surface area contributed by atoms with Crippen LogP contribution in [0, 0.1) is 15.9 Å². The van der Waals surface area contributed by atoms with Gasteiger partial charge in [0, 0.05) is 5.56 Å². The maximum atomic E-state index is 13.7. The van der Waals surface area contributed by atoms with Gasteiger partial charge in [0.05, 0.1) is 26.9 Å².